The van der Waals surface area contributed by atoms with Crippen LogP contribution in [0.5, 0.6) is 5.75 Å². The molecule has 0 saturated carbocycles. The van der Waals surface area contributed by atoms with E-state index in [4.69, 9.17) is 4.74 Å². The lowest BCUT2D eigenvalue weighted by Gasteiger charge is -2.36. The standard InChI is InChI=1S/C13H18N2O/c1-9-5-6-15-12-7-10(16-2)3-4-11(12)14-8-13(9)15/h3-4,7,9,13-14H,5-6,8H2,1-2H3. The predicted molar refractivity (Wildman–Crippen MR) is 66.4 cm³/mol. The number of rotatable bonds is 1. The average molecular weight is 218 g/mol. The number of hydrogen-bond acceptors (Lipinski definition) is 3. The molecule has 16 heavy (non-hydrogen) atoms. The van der Waals surface area contributed by atoms with Crippen LogP contribution in [0.3, 0.4) is 0 Å². The first-order valence-corrected chi connectivity index (χ1v) is 5.98. The Morgan fingerprint density at radius 3 is 3.12 bits per heavy atom. The number of anilines is 2. The number of nitrogens with one attached hydrogen (secondary N) is 1. The van der Waals surface area contributed by atoms with E-state index in [0.29, 0.717) is 6.04 Å². The zero-order chi connectivity index (χ0) is 11.1. The van der Waals surface area contributed by atoms with Crippen LogP contribution in [-0.2, 0) is 0 Å². The quantitative estimate of drug-likeness (QED) is 0.783. The Morgan fingerprint density at radius 1 is 1.44 bits per heavy atom. The van der Waals surface area contributed by atoms with E-state index in [1.54, 1.807) is 7.11 Å². The monoisotopic (exact) mass is 218 g/mol. The second-order valence-electron chi connectivity index (χ2n) is 4.79. The fourth-order valence-corrected chi connectivity index (χ4v) is 2.86. The molecule has 1 N–H and O–H groups in total. The summed E-state index contributed by atoms with van der Waals surface area (Å²) >= 11 is 0. The highest BCUT2D eigenvalue weighted by Crippen LogP contribution is 2.40. The van der Waals surface area contributed by atoms with Crippen molar-refractivity contribution in [3.8, 4) is 5.75 Å². The number of ether oxygens (including phenoxy) is 1. The van der Waals surface area contributed by atoms with Crippen molar-refractivity contribution in [1.82, 2.24) is 0 Å². The minimum absolute atomic E-state index is 0.652. The average Bonchev–Trinajstić information content (AvgIpc) is 2.71. The highest BCUT2D eigenvalue weighted by atomic mass is 16.5. The third kappa shape index (κ3) is 1.34. The molecular formula is C13H18N2O. The molecule has 1 fully saturated rings. The lowest BCUT2D eigenvalue weighted by Crippen LogP contribution is -2.41. The Hall–Kier alpha value is -1.38. The van der Waals surface area contributed by atoms with Crippen molar-refractivity contribution in [3.05, 3.63) is 18.2 Å². The minimum Gasteiger partial charge on any atom is -0.497 e. The van der Waals surface area contributed by atoms with Crippen LogP contribution in [0.2, 0.25) is 0 Å². The number of fused-ring (bicyclic) bond motifs is 3. The molecule has 1 saturated heterocycles. The molecule has 0 radical (unpaired) electrons. The van der Waals surface area contributed by atoms with Crippen LogP contribution in [0.4, 0.5) is 11.4 Å². The van der Waals surface area contributed by atoms with Crippen molar-refractivity contribution in [1.29, 1.82) is 0 Å². The van der Waals surface area contributed by atoms with E-state index in [1.165, 1.54) is 24.3 Å². The summed E-state index contributed by atoms with van der Waals surface area (Å²) < 4.78 is 5.30. The summed E-state index contributed by atoms with van der Waals surface area (Å²) in [6.45, 7) is 4.59. The smallest absolute Gasteiger partial charge is 0.121 e. The van der Waals surface area contributed by atoms with Crippen molar-refractivity contribution < 1.29 is 4.74 Å². The Balaban J connectivity index is 2.01. The van der Waals surface area contributed by atoms with E-state index in [0.717, 1.165) is 18.2 Å². The van der Waals surface area contributed by atoms with Gasteiger partial charge in [0.05, 0.1) is 18.5 Å². The van der Waals surface area contributed by atoms with Crippen molar-refractivity contribution >= 4 is 11.4 Å². The van der Waals surface area contributed by atoms with Crippen LogP contribution in [0.25, 0.3) is 0 Å². The normalized spacial score (nSPS) is 27.0. The van der Waals surface area contributed by atoms with Gasteiger partial charge in [-0.05, 0) is 24.5 Å². The summed E-state index contributed by atoms with van der Waals surface area (Å²) in [5.74, 6) is 1.73. The predicted octanol–water partition coefficient (Wildman–Crippen LogP) is 2.34. The van der Waals surface area contributed by atoms with Gasteiger partial charge in [0.15, 0.2) is 0 Å². The molecule has 1 aromatic rings. The van der Waals surface area contributed by atoms with Crippen molar-refractivity contribution in [2.45, 2.75) is 19.4 Å². The van der Waals surface area contributed by atoms with Gasteiger partial charge in [-0.25, -0.2) is 0 Å². The van der Waals surface area contributed by atoms with E-state index in [9.17, 15) is 0 Å². The topological polar surface area (TPSA) is 24.5 Å². The summed E-state index contributed by atoms with van der Waals surface area (Å²) in [6, 6.07) is 6.94. The maximum absolute atomic E-state index is 5.30. The van der Waals surface area contributed by atoms with E-state index in [-0.39, 0.29) is 0 Å². The van der Waals surface area contributed by atoms with Gasteiger partial charge in [0, 0.05) is 25.2 Å². The van der Waals surface area contributed by atoms with E-state index in [1.807, 2.05) is 6.07 Å². The Bertz CT molecular complexity index is 405. The van der Waals surface area contributed by atoms with Crippen LogP contribution in [0.1, 0.15) is 13.3 Å². The molecule has 86 valence electrons. The molecule has 2 heterocycles. The second kappa shape index (κ2) is 3.58. The number of nitrogens with zero attached hydrogens (tertiary/aromatic N) is 1. The zero-order valence-electron chi connectivity index (χ0n) is 9.86. The summed E-state index contributed by atoms with van der Waals surface area (Å²) in [4.78, 5) is 2.53. The van der Waals surface area contributed by atoms with E-state index in [2.05, 4.69) is 29.3 Å². The first-order valence-electron chi connectivity index (χ1n) is 5.98. The van der Waals surface area contributed by atoms with Gasteiger partial charge in [-0.1, -0.05) is 6.92 Å². The highest BCUT2D eigenvalue weighted by Gasteiger charge is 2.35. The van der Waals surface area contributed by atoms with Crippen LogP contribution in [-0.4, -0.2) is 26.2 Å². The van der Waals surface area contributed by atoms with Crippen molar-refractivity contribution in [2.24, 2.45) is 5.92 Å². The molecule has 2 unspecified atom stereocenters. The first-order chi connectivity index (χ1) is 7.79. The first kappa shape index (κ1) is 9.82. The minimum atomic E-state index is 0.652. The summed E-state index contributed by atoms with van der Waals surface area (Å²) in [6.07, 6.45) is 1.29. The summed E-state index contributed by atoms with van der Waals surface area (Å²) in [5.41, 5.74) is 2.55. The van der Waals surface area contributed by atoms with Crippen LogP contribution >= 0.6 is 0 Å². The van der Waals surface area contributed by atoms with E-state index >= 15 is 0 Å². The molecule has 2 aliphatic rings. The number of methoxy groups -OCH3 is 1. The van der Waals surface area contributed by atoms with Gasteiger partial charge in [-0.2, -0.15) is 0 Å². The van der Waals surface area contributed by atoms with Gasteiger partial charge < -0.3 is 15.0 Å². The number of benzene rings is 1. The van der Waals surface area contributed by atoms with Gasteiger partial charge in [0.25, 0.3) is 0 Å². The Kier molecular flexibility index (Phi) is 2.20. The van der Waals surface area contributed by atoms with Gasteiger partial charge in [-0.15, -0.1) is 0 Å². The molecule has 1 aromatic carbocycles. The Morgan fingerprint density at radius 2 is 2.31 bits per heavy atom. The van der Waals surface area contributed by atoms with Crippen molar-refractivity contribution in [2.75, 3.05) is 30.4 Å². The fraction of sp³-hybridized carbons (Fsp3) is 0.538. The van der Waals surface area contributed by atoms with Gasteiger partial charge in [0.1, 0.15) is 5.75 Å². The maximum Gasteiger partial charge on any atom is 0.121 e. The molecule has 0 bridgehead atoms. The third-order valence-corrected chi connectivity index (χ3v) is 3.90. The SMILES string of the molecule is COc1ccc2c(c1)N1CCC(C)C1CN2. The molecule has 3 heteroatoms. The molecule has 2 atom stereocenters. The maximum atomic E-state index is 5.30. The van der Waals surface area contributed by atoms with Crippen LogP contribution in [0, 0.1) is 5.92 Å². The zero-order valence-corrected chi connectivity index (χ0v) is 9.86. The molecule has 2 aliphatic heterocycles. The van der Waals surface area contributed by atoms with Crippen LogP contribution in [0.15, 0.2) is 18.2 Å². The van der Waals surface area contributed by atoms with E-state index < -0.39 is 0 Å². The van der Waals surface area contributed by atoms with Crippen LogP contribution < -0.4 is 15.0 Å². The molecule has 0 aromatic heterocycles. The molecule has 0 aliphatic carbocycles. The lowest BCUT2D eigenvalue weighted by molar-refractivity contribution is 0.414. The fourth-order valence-electron chi connectivity index (χ4n) is 2.86. The lowest BCUT2D eigenvalue weighted by atomic mass is 10.0. The molecule has 3 nitrogen and oxygen atoms in total. The second-order valence-corrected chi connectivity index (χ2v) is 4.79. The molecule has 0 amide bonds. The Labute approximate surface area is 96.4 Å². The highest BCUT2D eigenvalue weighted by molar-refractivity contribution is 5.75. The molecule has 0 spiro atoms. The summed E-state index contributed by atoms with van der Waals surface area (Å²) in [7, 11) is 1.72. The van der Waals surface area contributed by atoms with Gasteiger partial charge in [-0.3, -0.25) is 0 Å². The van der Waals surface area contributed by atoms with Crippen molar-refractivity contribution in [3.63, 3.8) is 0 Å². The third-order valence-electron chi connectivity index (χ3n) is 3.90. The number of hydrogen-bond donors (Lipinski definition) is 1. The van der Waals surface area contributed by atoms with Gasteiger partial charge >= 0.3 is 0 Å². The van der Waals surface area contributed by atoms with Gasteiger partial charge in [0.2, 0.25) is 0 Å². The molecular weight excluding hydrogens is 200 g/mol. The largest absolute Gasteiger partial charge is 0.497 e. The summed E-state index contributed by atoms with van der Waals surface area (Å²) in [5, 5.41) is 3.52. The molecule has 3 rings (SSSR count).